The van der Waals surface area contributed by atoms with E-state index in [9.17, 15) is 4.79 Å². The van der Waals surface area contributed by atoms with Gasteiger partial charge in [-0.15, -0.1) is 0 Å². The third-order valence-electron chi connectivity index (χ3n) is 5.31. The van der Waals surface area contributed by atoms with Gasteiger partial charge in [0, 0.05) is 11.0 Å². The molecule has 0 atom stereocenters. The standard InChI is InChI=1S/C24H18N2O/c25-23-19-10-3-4-11-20(19)26-21-13-12-17(24(27)22(21)23)14-16-8-5-7-15-6-1-2-9-18(15)16/h1-11,14H,12-13H2,(H2,25,26)/b17-14-. The van der Waals surface area contributed by atoms with Gasteiger partial charge in [0.05, 0.1) is 22.5 Å². The van der Waals surface area contributed by atoms with Gasteiger partial charge < -0.3 is 5.73 Å². The van der Waals surface area contributed by atoms with Crippen LogP contribution in [0.4, 0.5) is 5.69 Å². The number of pyridine rings is 1. The first-order valence-electron chi connectivity index (χ1n) is 9.12. The molecule has 0 amide bonds. The summed E-state index contributed by atoms with van der Waals surface area (Å²) in [5.74, 6) is -0.0000581. The normalized spacial score (nSPS) is 15.4. The van der Waals surface area contributed by atoms with E-state index in [2.05, 4.69) is 24.3 Å². The molecule has 0 saturated carbocycles. The fourth-order valence-corrected chi connectivity index (χ4v) is 3.95. The highest BCUT2D eigenvalue weighted by Crippen LogP contribution is 2.34. The molecule has 1 aliphatic carbocycles. The Morgan fingerprint density at radius 3 is 2.48 bits per heavy atom. The third kappa shape index (κ3) is 2.51. The van der Waals surface area contributed by atoms with Crippen LogP contribution >= 0.6 is 0 Å². The highest BCUT2D eigenvalue weighted by Gasteiger charge is 2.27. The number of hydrogen-bond donors (Lipinski definition) is 1. The molecule has 1 aromatic heterocycles. The number of benzene rings is 3. The predicted octanol–water partition coefficient (Wildman–Crippen LogP) is 5.18. The summed E-state index contributed by atoms with van der Waals surface area (Å²) in [6.45, 7) is 0. The second kappa shape index (κ2) is 6.06. The van der Waals surface area contributed by atoms with Crippen LogP contribution in [0.5, 0.6) is 0 Å². The number of ketones is 1. The largest absolute Gasteiger partial charge is 0.398 e. The summed E-state index contributed by atoms with van der Waals surface area (Å²) in [5, 5.41) is 3.16. The van der Waals surface area contributed by atoms with Crippen molar-refractivity contribution < 1.29 is 4.79 Å². The zero-order valence-corrected chi connectivity index (χ0v) is 14.8. The first-order valence-corrected chi connectivity index (χ1v) is 9.12. The van der Waals surface area contributed by atoms with Gasteiger partial charge in [0.25, 0.3) is 0 Å². The number of anilines is 1. The van der Waals surface area contributed by atoms with Crippen molar-refractivity contribution in [2.24, 2.45) is 0 Å². The molecule has 4 aromatic rings. The van der Waals surface area contributed by atoms with Crippen molar-refractivity contribution in [2.45, 2.75) is 12.8 Å². The van der Waals surface area contributed by atoms with E-state index in [-0.39, 0.29) is 5.78 Å². The van der Waals surface area contributed by atoms with Crippen LogP contribution in [0.2, 0.25) is 0 Å². The van der Waals surface area contributed by atoms with E-state index >= 15 is 0 Å². The van der Waals surface area contributed by atoms with Gasteiger partial charge in [-0.1, -0.05) is 60.7 Å². The van der Waals surface area contributed by atoms with Crippen LogP contribution in [0.15, 0.2) is 72.3 Å². The molecule has 0 bridgehead atoms. The number of Topliss-reactive ketones (excluding diaryl/α,β-unsaturated/α-hetero) is 1. The minimum absolute atomic E-state index is 0.0000581. The number of nitrogens with zero attached hydrogens (tertiary/aromatic N) is 1. The van der Waals surface area contributed by atoms with Gasteiger partial charge in [0.1, 0.15) is 0 Å². The third-order valence-corrected chi connectivity index (χ3v) is 5.31. The molecule has 0 radical (unpaired) electrons. The van der Waals surface area contributed by atoms with Crippen LogP contribution in [0, 0.1) is 0 Å². The van der Waals surface area contributed by atoms with Crippen molar-refractivity contribution in [1.82, 2.24) is 4.98 Å². The number of nitrogens with two attached hydrogens (primary N) is 1. The molecule has 1 aliphatic rings. The average molecular weight is 350 g/mol. The number of nitrogen functional groups attached to an aromatic ring is 1. The highest BCUT2D eigenvalue weighted by atomic mass is 16.1. The molecule has 0 fully saturated rings. The molecule has 27 heavy (non-hydrogen) atoms. The molecule has 1 heterocycles. The van der Waals surface area contributed by atoms with E-state index in [0.717, 1.165) is 39.5 Å². The van der Waals surface area contributed by atoms with Crippen molar-refractivity contribution in [3.05, 3.63) is 89.1 Å². The maximum absolute atomic E-state index is 13.2. The molecule has 0 spiro atoms. The number of hydrogen-bond acceptors (Lipinski definition) is 3. The van der Waals surface area contributed by atoms with E-state index in [4.69, 9.17) is 10.7 Å². The SMILES string of the molecule is Nc1c2c(nc3ccccc13)CC/C(=C/c1cccc3ccccc13)C2=O. The Balaban J connectivity index is 1.66. The summed E-state index contributed by atoms with van der Waals surface area (Å²) in [5.41, 5.74) is 11.0. The second-order valence-corrected chi connectivity index (χ2v) is 6.93. The number of fused-ring (bicyclic) bond motifs is 3. The summed E-state index contributed by atoms with van der Waals surface area (Å²) < 4.78 is 0. The minimum Gasteiger partial charge on any atom is -0.398 e. The Kier molecular flexibility index (Phi) is 3.54. The molecule has 5 rings (SSSR count). The fourth-order valence-electron chi connectivity index (χ4n) is 3.95. The van der Waals surface area contributed by atoms with Gasteiger partial charge in [0.2, 0.25) is 0 Å². The smallest absolute Gasteiger partial charge is 0.192 e. The molecule has 0 aliphatic heterocycles. The van der Waals surface area contributed by atoms with E-state index in [0.29, 0.717) is 17.7 Å². The van der Waals surface area contributed by atoms with E-state index < -0.39 is 0 Å². The number of carbonyl (C=O) groups is 1. The lowest BCUT2D eigenvalue weighted by atomic mass is 9.86. The van der Waals surface area contributed by atoms with Crippen LogP contribution in [-0.2, 0) is 6.42 Å². The van der Waals surface area contributed by atoms with Gasteiger partial charge in [-0.3, -0.25) is 9.78 Å². The van der Waals surface area contributed by atoms with Crippen molar-refractivity contribution in [3.8, 4) is 0 Å². The van der Waals surface area contributed by atoms with Crippen LogP contribution < -0.4 is 5.73 Å². The molecular weight excluding hydrogens is 332 g/mol. The Morgan fingerprint density at radius 2 is 1.59 bits per heavy atom. The van der Waals surface area contributed by atoms with Gasteiger partial charge >= 0.3 is 0 Å². The number of para-hydroxylation sites is 1. The number of aryl methyl sites for hydroxylation is 1. The Morgan fingerprint density at radius 1 is 0.852 bits per heavy atom. The number of rotatable bonds is 1. The van der Waals surface area contributed by atoms with Crippen molar-refractivity contribution in [3.63, 3.8) is 0 Å². The lowest BCUT2D eigenvalue weighted by Gasteiger charge is -2.20. The quantitative estimate of drug-likeness (QED) is 0.481. The first-order chi connectivity index (χ1) is 13.2. The number of carbonyl (C=O) groups excluding carboxylic acids is 1. The molecule has 3 nitrogen and oxygen atoms in total. The van der Waals surface area contributed by atoms with Crippen molar-refractivity contribution in [1.29, 1.82) is 0 Å². The maximum atomic E-state index is 13.2. The van der Waals surface area contributed by atoms with E-state index in [1.165, 1.54) is 5.39 Å². The fraction of sp³-hybridized carbons (Fsp3) is 0.0833. The lowest BCUT2D eigenvalue weighted by molar-refractivity contribution is 0.102. The van der Waals surface area contributed by atoms with Crippen LogP contribution in [0.3, 0.4) is 0 Å². The second-order valence-electron chi connectivity index (χ2n) is 6.93. The van der Waals surface area contributed by atoms with Crippen LogP contribution in [0.25, 0.3) is 27.8 Å². The van der Waals surface area contributed by atoms with Crippen LogP contribution in [0.1, 0.15) is 28.0 Å². The number of aromatic nitrogens is 1. The Labute approximate surface area is 157 Å². The molecule has 3 heteroatoms. The molecule has 0 unspecified atom stereocenters. The summed E-state index contributed by atoms with van der Waals surface area (Å²) in [6, 6.07) is 22.1. The van der Waals surface area contributed by atoms with E-state index in [1.54, 1.807) is 0 Å². The molecular formula is C24H18N2O. The van der Waals surface area contributed by atoms with Gasteiger partial charge in [-0.05, 0) is 41.3 Å². The molecule has 2 N–H and O–H groups in total. The van der Waals surface area contributed by atoms with Gasteiger partial charge in [-0.2, -0.15) is 0 Å². The average Bonchev–Trinajstić information content (AvgIpc) is 2.70. The summed E-state index contributed by atoms with van der Waals surface area (Å²) in [4.78, 5) is 17.9. The first kappa shape index (κ1) is 15.8. The van der Waals surface area contributed by atoms with Crippen LogP contribution in [-0.4, -0.2) is 10.8 Å². The summed E-state index contributed by atoms with van der Waals surface area (Å²) in [6.07, 6.45) is 3.43. The predicted molar refractivity (Wildman–Crippen MR) is 111 cm³/mol. The maximum Gasteiger partial charge on any atom is 0.192 e. The lowest BCUT2D eigenvalue weighted by Crippen LogP contribution is -2.18. The van der Waals surface area contributed by atoms with E-state index in [1.807, 2.05) is 48.5 Å². The molecule has 130 valence electrons. The Hall–Kier alpha value is -3.46. The zero-order valence-electron chi connectivity index (χ0n) is 14.8. The summed E-state index contributed by atoms with van der Waals surface area (Å²) in [7, 11) is 0. The summed E-state index contributed by atoms with van der Waals surface area (Å²) >= 11 is 0. The molecule has 3 aromatic carbocycles. The van der Waals surface area contributed by atoms with Gasteiger partial charge in [-0.25, -0.2) is 0 Å². The van der Waals surface area contributed by atoms with Crippen molar-refractivity contribution in [2.75, 3.05) is 5.73 Å². The number of allylic oxidation sites excluding steroid dienone is 1. The molecule has 0 saturated heterocycles. The zero-order chi connectivity index (χ0) is 18.4. The topological polar surface area (TPSA) is 56.0 Å². The van der Waals surface area contributed by atoms with Crippen molar-refractivity contribution >= 4 is 39.2 Å². The minimum atomic E-state index is -0.0000581. The van der Waals surface area contributed by atoms with Gasteiger partial charge in [0.15, 0.2) is 5.78 Å². The monoisotopic (exact) mass is 350 g/mol. The Bertz CT molecular complexity index is 1250. The highest BCUT2D eigenvalue weighted by molar-refractivity contribution is 6.19.